The molecule has 0 aliphatic heterocycles. The van der Waals surface area contributed by atoms with Gasteiger partial charge in [0.1, 0.15) is 0 Å². The third-order valence-electron chi connectivity index (χ3n) is 6.33. The van der Waals surface area contributed by atoms with E-state index >= 15 is 0 Å². The Morgan fingerprint density at radius 2 is 1.62 bits per heavy atom. The second-order valence-corrected chi connectivity index (χ2v) is 12.1. The van der Waals surface area contributed by atoms with Crippen LogP contribution in [0.25, 0.3) is 0 Å². The number of nitrogens with zero attached hydrogens (tertiary/aromatic N) is 3. The summed E-state index contributed by atoms with van der Waals surface area (Å²) in [7, 11) is -4.17. The lowest BCUT2D eigenvalue weighted by Gasteiger charge is -2.25. The van der Waals surface area contributed by atoms with Gasteiger partial charge in [0.25, 0.3) is 5.91 Å². The quantitative estimate of drug-likeness (QED) is 0.267. The molecule has 1 saturated carbocycles. The number of sulfone groups is 1. The van der Waals surface area contributed by atoms with E-state index in [0.717, 1.165) is 42.5 Å². The zero-order valence-corrected chi connectivity index (χ0v) is 22.4. The Morgan fingerprint density at radius 1 is 1.00 bits per heavy atom. The first kappa shape index (κ1) is 29.6. The maximum absolute atomic E-state index is 13.3. The van der Waals surface area contributed by atoms with Crippen LogP contribution in [0.5, 0.6) is 0 Å². The van der Waals surface area contributed by atoms with Gasteiger partial charge >= 0.3 is 12.4 Å². The van der Waals surface area contributed by atoms with E-state index in [9.17, 15) is 39.6 Å². The van der Waals surface area contributed by atoms with Crippen molar-refractivity contribution in [3.8, 4) is 0 Å². The fourth-order valence-electron chi connectivity index (χ4n) is 4.41. The van der Waals surface area contributed by atoms with Gasteiger partial charge in [0.2, 0.25) is 15.0 Å². The van der Waals surface area contributed by atoms with Crippen LogP contribution in [0.1, 0.15) is 65.5 Å². The molecule has 1 aromatic heterocycles. The molecule has 3 aromatic rings. The van der Waals surface area contributed by atoms with Gasteiger partial charge < -0.3 is 9.47 Å². The summed E-state index contributed by atoms with van der Waals surface area (Å²) in [5, 5.41) is -0.297. The molecule has 0 radical (unpaired) electrons. The van der Waals surface area contributed by atoms with E-state index in [2.05, 4.69) is 4.98 Å². The lowest BCUT2D eigenvalue weighted by atomic mass is 10.1. The molecular weight excluding hydrogens is 560 g/mol. The summed E-state index contributed by atoms with van der Waals surface area (Å²) in [6.07, 6.45) is -6.53. The van der Waals surface area contributed by atoms with Crippen LogP contribution >= 0.6 is 0 Å². The number of carbonyl (C=O) groups excluding carboxylic acids is 1. The number of alkyl halides is 6. The van der Waals surface area contributed by atoms with Crippen LogP contribution in [0.2, 0.25) is 0 Å². The van der Waals surface area contributed by atoms with E-state index < -0.39 is 45.0 Å². The molecule has 0 atom stereocenters. The fourth-order valence-corrected chi connectivity index (χ4v) is 5.94. The average molecular weight is 588 g/mol. The number of aromatic nitrogens is 2. The second-order valence-electron chi connectivity index (χ2n) is 10.2. The maximum Gasteiger partial charge on any atom is 0.416 e. The molecule has 1 amide bonds. The van der Waals surface area contributed by atoms with Crippen LogP contribution < -0.4 is 0 Å². The molecule has 0 unspecified atom stereocenters. The minimum atomic E-state index is -4.63. The Morgan fingerprint density at radius 3 is 2.17 bits per heavy atom. The minimum absolute atomic E-state index is 0.0141. The van der Waals surface area contributed by atoms with Crippen LogP contribution in [0, 0.1) is 5.92 Å². The van der Waals surface area contributed by atoms with Gasteiger partial charge in [-0.2, -0.15) is 26.3 Å². The molecule has 0 spiro atoms. The smallest absolute Gasteiger partial charge is 0.333 e. The highest BCUT2D eigenvalue weighted by Crippen LogP contribution is 2.39. The van der Waals surface area contributed by atoms with Crippen LogP contribution in [0.15, 0.2) is 59.9 Å². The first-order valence-electron chi connectivity index (χ1n) is 12.5. The maximum atomic E-state index is 13.3. The minimum Gasteiger partial charge on any atom is -0.333 e. The molecule has 40 heavy (non-hydrogen) atoms. The van der Waals surface area contributed by atoms with Gasteiger partial charge in [-0.3, -0.25) is 4.79 Å². The highest BCUT2D eigenvalue weighted by molar-refractivity contribution is 7.90. The Bertz CT molecular complexity index is 1470. The van der Waals surface area contributed by atoms with Crippen molar-refractivity contribution in [2.45, 2.75) is 62.5 Å². The standard InChI is InChI=1S/C27H27F6N3O3S/c1-17(2)14-35(24(37)19-6-8-20(9-7-19)26(28,29)30)15-23-13-34-25(36(23)22-10-11-22)40(38,39)16-18-4-3-5-21(12-18)27(31,32)33/h3-9,12-13,17,22H,10-11,14-16H2,1-2H3. The molecule has 4 rings (SSSR count). The lowest BCUT2D eigenvalue weighted by molar-refractivity contribution is -0.138. The van der Waals surface area contributed by atoms with Gasteiger partial charge in [0, 0.05) is 18.2 Å². The van der Waals surface area contributed by atoms with Crippen molar-refractivity contribution in [3.05, 3.63) is 82.7 Å². The summed E-state index contributed by atoms with van der Waals surface area (Å²) in [4.78, 5) is 18.8. The second kappa shape index (κ2) is 10.9. The number of halogens is 6. The number of imidazole rings is 1. The Kier molecular flexibility index (Phi) is 8.08. The van der Waals surface area contributed by atoms with Crippen molar-refractivity contribution in [1.82, 2.24) is 14.5 Å². The zero-order valence-electron chi connectivity index (χ0n) is 21.6. The molecule has 0 saturated heterocycles. The number of benzene rings is 2. The van der Waals surface area contributed by atoms with Crippen molar-refractivity contribution in [2.24, 2.45) is 5.92 Å². The van der Waals surface area contributed by atoms with Crippen LogP contribution in [-0.2, 0) is 34.5 Å². The van der Waals surface area contributed by atoms with Gasteiger partial charge in [-0.1, -0.05) is 32.0 Å². The highest BCUT2D eigenvalue weighted by atomic mass is 32.2. The summed E-state index contributed by atoms with van der Waals surface area (Å²) in [6, 6.07) is 7.73. The van der Waals surface area contributed by atoms with Gasteiger partial charge in [0.05, 0.1) is 35.3 Å². The molecule has 0 N–H and O–H groups in total. The molecule has 1 aliphatic carbocycles. The van der Waals surface area contributed by atoms with Crippen molar-refractivity contribution < 1.29 is 39.6 Å². The van der Waals surface area contributed by atoms with Gasteiger partial charge in [0.15, 0.2) is 0 Å². The molecular formula is C27H27F6N3O3S. The van der Waals surface area contributed by atoms with Crippen molar-refractivity contribution in [2.75, 3.05) is 6.54 Å². The predicted octanol–water partition coefficient (Wildman–Crippen LogP) is 6.53. The largest absolute Gasteiger partial charge is 0.416 e. The molecule has 1 aliphatic rings. The van der Waals surface area contributed by atoms with E-state index in [4.69, 9.17) is 0 Å². The Hall–Kier alpha value is -3.35. The van der Waals surface area contributed by atoms with Crippen molar-refractivity contribution >= 4 is 15.7 Å². The number of carbonyl (C=O) groups is 1. The van der Waals surface area contributed by atoms with Gasteiger partial charge in [-0.15, -0.1) is 0 Å². The Balaban J connectivity index is 1.63. The monoisotopic (exact) mass is 587 g/mol. The zero-order chi connectivity index (χ0) is 29.5. The fraction of sp³-hybridized carbons (Fsp3) is 0.407. The van der Waals surface area contributed by atoms with E-state index in [0.29, 0.717) is 18.5 Å². The summed E-state index contributed by atoms with van der Waals surface area (Å²) in [5.74, 6) is -1.24. The third kappa shape index (κ3) is 6.86. The predicted molar refractivity (Wildman–Crippen MR) is 134 cm³/mol. The SMILES string of the molecule is CC(C)CN(Cc1cnc(S(=O)(=O)Cc2cccc(C(F)(F)F)c2)n1C1CC1)C(=O)c1ccc(C(F)(F)F)cc1. The summed E-state index contributed by atoms with van der Waals surface area (Å²) >= 11 is 0. The van der Waals surface area contributed by atoms with Gasteiger partial charge in [-0.05, 0) is 54.7 Å². The normalized spacial score (nSPS) is 14.5. The number of rotatable bonds is 9. The number of hydrogen-bond donors (Lipinski definition) is 0. The third-order valence-corrected chi connectivity index (χ3v) is 7.90. The number of amides is 1. The van der Waals surface area contributed by atoms with Crippen molar-refractivity contribution in [1.29, 1.82) is 0 Å². The lowest BCUT2D eigenvalue weighted by Crippen LogP contribution is -2.34. The van der Waals surface area contributed by atoms with Crippen LogP contribution in [0.4, 0.5) is 26.3 Å². The molecule has 0 bridgehead atoms. The van der Waals surface area contributed by atoms with E-state index in [1.807, 2.05) is 13.8 Å². The molecule has 6 nitrogen and oxygen atoms in total. The van der Waals surface area contributed by atoms with Crippen LogP contribution in [0.3, 0.4) is 0 Å². The first-order valence-corrected chi connectivity index (χ1v) is 14.1. The van der Waals surface area contributed by atoms with Crippen LogP contribution in [-0.4, -0.2) is 35.3 Å². The Labute approximate surface area is 227 Å². The highest BCUT2D eigenvalue weighted by Gasteiger charge is 2.36. The topological polar surface area (TPSA) is 72.3 Å². The molecule has 1 fully saturated rings. The molecule has 2 aromatic carbocycles. The molecule has 1 heterocycles. The number of hydrogen-bond acceptors (Lipinski definition) is 4. The molecule has 216 valence electrons. The van der Waals surface area contributed by atoms with Gasteiger partial charge in [-0.25, -0.2) is 13.4 Å². The van der Waals surface area contributed by atoms with Crippen molar-refractivity contribution in [3.63, 3.8) is 0 Å². The van der Waals surface area contributed by atoms with E-state index in [-0.39, 0.29) is 41.3 Å². The van der Waals surface area contributed by atoms with E-state index in [1.54, 1.807) is 0 Å². The van der Waals surface area contributed by atoms with E-state index in [1.165, 1.54) is 21.7 Å². The summed E-state index contributed by atoms with van der Waals surface area (Å²) in [6.45, 7) is 3.90. The first-order chi connectivity index (χ1) is 18.6. The molecule has 13 heteroatoms. The summed E-state index contributed by atoms with van der Waals surface area (Å²) < 4.78 is 106. The summed E-state index contributed by atoms with van der Waals surface area (Å²) in [5.41, 5.74) is -1.44. The average Bonchev–Trinajstić information content (AvgIpc) is 3.60.